The Bertz CT molecular complexity index is 1210. The van der Waals surface area contributed by atoms with Crippen molar-refractivity contribution in [1.82, 2.24) is 9.55 Å². The molecule has 0 radical (unpaired) electrons. The van der Waals surface area contributed by atoms with Crippen LogP contribution in [-0.4, -0.2) is 15.5 Å². The Labute approximate surface area is 176 Å². The van der Waals surface area contributed by atoms with Crippen LogP contribution in [0.1, 0.15) is 48.5 Å². The Morgan fingerprint density at radius 3 is 2.66 bits per heavy atom. The zero-order chi connectivity index (χ0) is 20.5. The van der Waals surface area contributed by atoms with Gasteiger partial charge in [-0.1, -0.05) is 30.9 Å². The van der Waals surface area contributed by atoms with Gasteiger partial charge >= 0.3 is 0 Å². The molecule has 0 atom stereocenters. The maximum atomic E-state index is 13.3. The van der Waals surface area contributed by atoms with Gasteiger partial charge in [-0.15, -0.1) is 0 Å². The third-order valence-electron chi connectivity index (χ3n) is 5.31. The molecule has 2 aromatic carbocycles. The van der Waals surface area contributed by atoms with Crippen molar-refractivity contribution in [3.63, 3.8) is 0 Å². The molecule has 1 fully saturated rings. The number of carbonyl (C=O) groups excluding carboxylic acids is 1. The van der Waals surface area contributed by atoms with Crippen molar-refractivity contribution in [1.29, 1.82) is 0 Å². The van der Waals surface area contributed by atoms with E-state index in [0.717, 1.165) is 25.7 Å². The number of nitrogens with one attached hydrogen (secondary N) is 2. The lowest BCUT2D eigenvalue weighted by atomic mass is 9.95. The average Bonchev–Trinajstić information content (AvgIpc) is 2.71. The molecule has 5 nitrogen and oxygen atoms in total. The minimum absolute atomic E-state index is 0.0753. The number of hydrogen-bond acceptors (Lipinski definition) is 3. The molecule has 1 aromatic heterocycles. The second-order valence-electron chi connectivity index (χ2n) is 7.24. The summed E-state index contributed by atoms with van der Waals surface area (Å²) >= 11 is 11.2. The Balaban J connectivity index is 1.67. The maximum absolute atomic E-state index is 13.3. The third kappa shape index (κ3) is 3.97. The molecule has 0 bridgehead atoms. The van der Waals surface area contributed by atoms with Crippen LogP contribution in [0.3, 0.4) is 0 Å². The number of anilines is 1. The number of carbonyl (C=O) groups is 1. The van der Waals surface area contributed by atoms with Gasteiger partial charge < -0.3 is 10.3 Å². The van der Waals surface area contributed by atoms with Crippen LogP contribution in [0.4, 0.5) is 10.1 Å². The van der Waals surface area contributed by atoms with Crippen LogP contribution >= 0.6 is 23.8 Å². The summed E-state index contributed by atoms with van der Waals surface area (Å²) in [6.45, 7) is 0. The predicted octanol–water partition coefficient (Wildman–Crippen LogP) is 5.61. The van der Waals surface area contributed by atoms with Gasteiger partial charge in [-0.25, -0.2) is 4.39 Å². The van der Waals surface area contributed by atoms with Crippen LogP contribution in [0.25, 0.3) is 10.9 Å². The van der Waals surface area contributed by atoms with E-state index in [2.05, 4.69) is 10.3 Å². The molecular weight excluding hydrogens is 413 g/mol. The van der Waals surface area contributed by atoms with Gasteiger partial charge in [0.05, 0.1) is 15.9 Å². The number of benzene rings is 2. The summed E-state index contributed by atoms with van der Waals surface area (Å²) < 4.78 is 15.3. The van der Waals surface area contributed by atoms with Crippen LogP contribution in [0, 0.1) is 10.6 Å². The summed E-state index contributed by atoms with van der Waals surface area (Å²) in [6, 6.07) is 8.89. The molecule has 0 spiro atoms. The van der Waals surface area contributed by atoms with E-state index in [9.17, 15) is 14.0 Å². The number of hydrogen-bond donors (Lipinski definition) is 2. The summed E-state index contributed by atoms with van der Waals surface area (Å²) in [4.78, 5) is 28.7. The fourth-order valence-corrected chi connectivity index (χ4v) is 4.34. The standard InChI is InChI=1S/C21H19ClFN3O2S/c22-16-11-13(7-9-17(16)23)24-19(27)12-6-8-15-18(10-12)25-21(29)26(20(15)28)14-4-2-1-3-5-14/h6-11,14H,1-5H2,(H,24,27)(H,25,29). The van der Waals surface area contributed by atoms with Crippen molar-refractivity contribution in [3.8, 4) is 0 Å². The minimum Gasteiger partial charge on any atom is -0.332 e. The summed E-state index contributed by atoms with van der Waals surface area (Å²) in [5.41, 5.74) is 1.10. The van der Waals surface area contributed by atoms with Gasteiger partial charge in [-0.05, 0) is 61.5 Å². The van der Waals surface area contributed by atoms with Crippen molar-refractivity contribution in [3.05, 3.63) is 67.9 Å². The molecule has 1 saturated carbocycles. The first-order valence-corrected chi connectivity index (χ1v) is 10.3. The van der Waals surface area contributed by atoms with E-state index < -0.39 is 11.7 Å². The lowest BCUT2D eigenvalue weighted by Crippen LogP contribution is -2.28. The molecule has 0 saturated heterocycles. The highest BCUT2D eigenvalue weighted by Crippen LogP contribution is 2.27. The van der Waals surface area contributed by atoms with Crippen molar-refractivity contribution < 1.29 is 9.18 Å². The van der Waals surface area contributed by atoms with E-state index in [0.29, 0.717) is 26.9 Å². The quantitative estimate of drug-likeness (QED) is 0.530. The van der Waals surface area contributed by atoms with Crippen LogP contribution in [0.5, 0.6) is 0 Å². The first-order chi connectivity index (χ1) is 13.9. The molecule has 0 aliphatic heterocycles. The van der Waals surface area contributed by atoms with Crippen molar-refractivity contribution >= 4 is 46.3 Å². The van der Waals surface area contributed by atoms with Gasteiger partial charge in [-0.3, -0.25) is 14.2 Å². The van der Waals surface area contributed by atoms with E-state index in [1.54, 1.807) is 22.8 Å². The number of halogens is 2. The van der Waals surface area contributed by atoms with Crippen molar-refractivity contribution in [2.24, 2.45) is 0 Å². The molecule has 1 aliphatic rings. The highest BCUT2D eigenvalue weighted by molar-refractivity contribution is 7.71. The number of aromatic nitrogens is 2. The molecule has 3 aromatic rings. The van der Waals surface area contributed by atoms with Gasteiger partial charge in [0.2, 0.25) is 0 Å². The van der Waals surface area contributed by atoms with Crippen LogP contribution in [-0.2, 0) is 0 Å². The fraction of sp³-hybridized carbons (Fsp3) is 0.286. The van der Waals surface area contributed by atoms with Gasteiger partial charge in [0, 0.05) is 17.3 Å². The highest BCUT2D eigenvalue weighted by atomic mass is 35.5. The van der Waals surface area contributed by atoms with Gasteiger partial charge in [-0.2, -0.15) is 0 Å². The summed E-state index contributed by atoms with van der Waals surface area (Å²) in [5, 5.41) is 3.09. The number of aromatic amines is 1. The first-order valence-electron chi connectivity index (χ1n) is 9.49. The Hall–Kier alpha value is -2.51. The van der Waals surface area contributed by atoms with E-state index in [1.165, 1.54) is 24.6 Å². The van der Waals surface area contributed by atoms with E-state index >= 15 is 0 Å². The van der Waals surface area contributed by atoms with E-state index in [1.807, 2.05) is 0 Å². The summed E-state index contributed by atoms with van der Waals surface area (Å²) in [6.07, 6.45) is 5.27. The normalized spacial score (nSPS) is 14.8. The lowest BCUT2D eigenvalue weighted by molar-refractivity contribution is 0.102. The van der Waals surface area contributed by atoms with Crippen LogP contribution in [0.15, 0.2) is 41.2 Å². The Morgan fingerprint density at radius 2 is 1.93 bits per heavy atom. The topological polar surface area (TPSA) is 66.9 Å². The number of fused-ring (bicyclic) bond motifs is 1. The van der Waals surface area contributed by atoms with Gasteiger partial charge in [0.15, 0.2) is 4.77 Å². The second kappa shape index (κ2) is 8.08. The average molecular weight is 432 g/mol. The van der Waals surface area contributed by atoms with E-state index in [4.69, 9.17) is 23.8 Å². The SMILES string of the molecule is O=C(Nc1ccc(F)c(Cl)c1)c1ccc2c(=O)n(C3CCCCC3)c(=S)[nH]c2c1. The molecule has 29 heavy (non-hydrogen) atoms. The molecule has 4 rings (SSSR count). The van der Waals surface area contributed by atoms with Gasteiger partial charge in [0.1, 0.15) is 5.82 Å². The second-order valence-corrected chi connectivity index (χ2v) is 8.03. The zero-order valence-electron chi connectivity index (χ0n) is 15.5. The zero-order valence-corrected chi connectivity index (χ0v) is 17.1. The molecule has 1 amide bonds. The highest BCUT2D eigenvalue weighted by Gasteiger charge is 2.19. The van der Waals surface area contributed by atoms with Crippen LogP contribution < -0.4 is 10.9 Å². The molecule has 1 aliphatic carbocycles. The third-order valence-corrected chi connectivity index (χ3v) is 5.90. The molecule has 150 valence electrons. The van der Waals surface area contributed by atoms with Crippen molar-refractivity contribution in [2.45, 2.75) is 38.1 Å². The molecule has 0 unspecified atom stereocenters. The first kappa shape index (κ1) is 19.8. The molecule has 8 heteroatoms. The molecular formula is C21H19ClFN3O2S. The summed E-state index contributed by atoms with van der Waals surface area (Å²) in [7, 11) is 0. The maximum Gasteiger partial charge on any atom is 0.262 e. The number of nitrogens with zero attached hydrogens (tertiary/aromatic N) is 1. The molecule has 2 N–H and O–H groups in total. The largest absolute Gasteiger partial charge is 0.332 e. The molecule has 1 heterocycles. The number of H-pyrrole nitrogens is 1. The fourth-order valence-electron chi connectivity index (χ4n) is 3.82. The monoisotopic (exact) mass is 431 g/mol. The van der Waals surface area contributed by atoms with Gasteiger partial charge in [0.25, 0.3) is 11.5 Å². The Kier molecular flexibility index (Phi) is 5.52. The minimum atomic E-state index is -0.558. The summed E-state index contributed by atoms with van der Waals surface area (Å²) in [5.74, 6) is -0.956. The smallest absolute Gasteiger partial charge is 0.262 e. The van der Waals surface area contributed by atoms with E-state index in [-0.39, 0.29) is 16.6 Å². The number of rotatable bonds is 3. The van der Waals surface area contributed by atoms with Crippen molar-refractivity contribution in [2.75, 3.05) is 5.32 Å². The Morgan fingerprint density at radius 1 is 1.17 bits per heavy atom. The van der Waals surface area contributed by atoms with Crippen LogP contribution in [0.2, 0.25) is 5.02 Å². The lowest BCUT2D eigenvalue weighted by Gasteiger charge is -2.24. The number of amides is 1. The predicted molar refractivity (Wildman–Crippen MR) is 115 cm³/mol.